The maximum absolute atomic E-state index is 13.0. The van der Waals surface area contributed by atoms with E-state index in [4.69, 9.17) is 10.5 Å². The van der Waals surface area contributed by atoms with E-state index in [0.717, 1.165) is 12.0 Å². The molecule has 1 aromatic rings. The maximum atomic E-state index is 13.0. The Kier molecular flexibility index (Phi) is 2.37. The van der Waals surface area contributed by atoms with Crippen molar-refractivity contribution in [3.05, 3.63) is 29.6 Å². The van der Waals surface area contributed by atoms with Gasteiger partial charge in [0.25, 0.3) is 0 Å². The third kappa shape index (κ3) is 1.64. The van der Waals surface area contributed by atoms with Crippen LogP contribution >= 0.6 is 0 Å². The van der Waals surface area contributed by atoms with Gasteiger partial charge >= 0.3 is 5.97 Å². The number of nitrogen functional groups attached to an aromatic ring is 1. The van der Waals surface area contributed by atoms with E-state index in [-0.39, 0.29) is 17.6 Å². The second-order valence-electron chi connectivity index (χ2n) is 4.32. The van der Waals surface area contributed by atoms with Crippen molar-refractivity contribution >= 4 is 11.7 Å². The van der Waals surface area contributed by atoms with Crippen molar-refractivity contribution in [2.24, 2.45) is 5.92 Å². The van der Waals surface area contributed by atoms with Crippen LogP contribution < -0.4 is 5.73 Å². The summed E-state index contributed by atoms with van der Waals surface area (Å²) in [6, 6.07) is 4.47. The van der Waals surface area contributed by atoms with E-state index in [1.807, 2.05) is 6.92 Å². The highest BCUT2D eigenvalue weighted by Crippen LogP contribution is 2.55. The second kappa shape index (κ2) is 3.47. The van der Waals surface area contributed by atoms with Crippen molar-refractivity contribution in [2.45, 2.75) is 25.9 Å². The molecule has 2 unspecified atom stereocenters. The highest BCUT2D eigenvalue weighted by molar-refractivity contribution is 5.67. The largest absolute Gasteiger partial charge is 0.454 e. The number of hydrogen-bond acceptors (Lipinski definition) is 3. The molecule has 0 radical (unpaired) electrons. The zero-order valence-electron chi connectivity index (χ0n) is 9.29. The molecule has 0 bridgehead atoms. The van der Waals surface area contributed by atoms with Crippen LogP contribution in [-0.4, -0.2) is 5.97 Å². The molecule has 0 heterocycles. The Morgan fingerprint density at radius 2 is 2.25 bits per heavy atom. The van der Waals surface area contributed by atoms with Crippen LogP contribution in [0.1, 0.15) is 25.8 Å². The normalized spacial score (nSPS) is 27.6. The van der Waals surface area contributed by atoms with Gasteiger partial charge in [0, 0.05) is 12.8 Å². The third-order valence-electron chi connectivity index (χ3n) is 3.06. The molecule has 1 aliphatic carbocycles. The molecule has 1 aliphatic rings. The quantitative estimate of drug-likeness (QED) is 0.617. The molecule has 0 spiro atoms. The van der Waals surface area contributed by atoms with Crippen molar-refractivity contribution in [2.75, 3.05) is 5.73 Å². The number of anilines is 1. The Morgan fingerprint density at radius 1 is 1.62 bits per heavy atom. The van der Waals surface area contributed by atoms with E-state index in [9.17, 15) is 9.18 Å². The molecule has 1 aromatic carbocycles. The lowest BCUT2D eigenvalue weighted by molar-refractivity contribution is -0.150. The van der Waals surface area contributed by atoms with Gasteiger partial charge in [-0.15, -0.1) is 0 Å². The lowest BCUT2D eigenvalue weighted by Crippen LogP contribution is -2.18. The van der Waals surface area contributed by atoms with Crippen LogP contribution in [0, 0.1) is 11.7 Å². The molecule has 16 heavy (non-hydrogen) atoms. The molecule has 0 amide bonds. The SMILES string of the molecule is CC(=O)OC1(c2ccc(F)c(N)c2)CC1C. The predicted octanol–water partition coefficient (Wildman–Crippen LogP) is 2.21. The number of nitrogens with two attached hydrogens (primary N) is 1. The van der Waals surface area contributed by atoms with Crippen LogP contribution in [0.3, 0.4) is 0 Å². The smallest absolute Gasteiger partial charge is 0.303 e. The number of rotatable bonds is 2. The number of benzene rings is 1. The zero-order chi connectivity index (χ0) is 11.9. The van der Waals surface area contributed by atoms with E-state index >= 15 is 0 Å². The van der Waals surface area contributed by atoms with Gasteiger partial charge in [0.15, 0.2) is 0 Å². The summed E-state index contributed by atoms with van der Waals surface area (Å²) in [5.41, 5.74) is 5.77. The number of ether oxygens (including phenoxy) is 1. The molecular weight excluding hydrogens is 209 g/mol. The summed E-state index contributed by atoms with van der Waals surface area (Å²) in [7, 11) is 0. The molecular formula is C12H14FNO2. The van der Waals surface area contributed by atoms with E-state index in [0.29, 0.717) is 0 Å². The molecule has 4 heteroatoms. The molecule has 2 atom stereocenters. The Morgan fingerprint density at radius 3 is 2.69 bits per heavy atom. The minimum absolute atomic E-state index is 0.0862. The van der Waals surface area contributed by atoms with E-state index in [2.05, 4.69) is 0 Å². The van der Waals surface area contributed by atoms with Gasteiger partial charge in [-0.2, -0.15) is 0 Å². The number of hydrogen-bond donors (Lipinski definition) is 1. The van der Waals surface area contributed by atoms with Gasteiger partial charge in [-0.3, -0.25) is 4.79 Å². The molecule has 0 aromatic heterocycles. The third-order valence-corrected chi connectivity index (χ3v) is 3.06. The summed E-state index contributed by atoms with van der Waals surface area (Å²) in [4.78, 5) is 11.0. The van der Waals surface area contributed by atoms with Gasteiger partial charge in [0.1, 0.15) is 11.4 Å². The van der Waals surface area contributed by atoms with Gasteiger partial charge in [-0.05, 0) is 24.1 Å². The highest BCUT2D eigenvalue weighted by atomic mass is 19.1. The van der Waals surface area contributed by atoms with Crippen LogP contribution in [0.25, 0.3) is 0 Å². The minimum atomic E-state index is -0.590. The Bertz CT molecular complexity index is 447. The fourth-order valence-corrected chi connectivity index (χ4v) is 2.06. The zero-order valence-corrected chi connectivity index (χ0v) is 9.29. The average Bonchev–Trinajstić information content (AvgIpc) is 2.81. The van der Waals surface area contributed by atoms with Crippen molar-refractivity contribution < 1.29 is 13.9 Å². The van der Waals surface area contributed by atoms with Gasteiger partial charge < -0.3 is 10.5 Å². The fraction of sp³-hybridized carbons (Fsp3) is 0.417. The van der Waals surface area contributed by atoms with E-state index in [1.165, 1.54) is 13.0 Å². The molecule has 86 valence electrons. The lowest BCUT2D eigenvalue weighted by Gasteiger charge is -2.18. The highest BCUT2D eigenvalue weighted by Gasteiger charge is 2.56. The van der Waals surface area contributed by atoms with Gasteiger partial charge in [0.2, 0.25) is 0 Å². The monoisotopic (exact) mass is 223 g/mol. The van der Waals surface area contributed by atoms with Crippen LogP contribution in [0.5, 0.6) is 0 Å². The van der Waals surface area contributed by atoms with Gasteiger partial charge in [-0.1, -0.05) is 13.0 Å². The molecule has 1 saturated carbocycles. The molecule has 3 nitrogen and oxygen atoms in total. The molecule has 1 fully saturated rings. The van der Waals surface area contributed by atoms with Crippen LogP contribution in [-0.2, 0) is 15.1 Å². The standard InChI is InChI=1S/C12H14FNO2/c1-7-6-12(7,16-8(2)15)9-3-4-10(13)11(14)5-9/h3-5,7H,6,14H2,1-2H3. The Balaban J connectivity index is 2.35. The van der Waals surface area contributed by atoms with Gasteiger partial charge in [0.05, 0.1) is 5.69 Å². The van der Waals surface area contributed by atoms with Crippen LogP contribution in [0.15, 0.2) is 18.2 Å². The molecule has 0 aliphatic heterocycles. The van der Waals surface area contributed by atoms with Crippen molar-refractivity contribution in [1.82, 2.24) is 0 Å². The average molecular weight is 223 g/mol. The number of halogens is 1. The summed E-state index contributed by atoms with van der Waals surface area (Å²) >= 11 is 0. The van der Waals surface area contributed by atoms with Crippen LogP contribution in [0.2, 0.25) is 0 Å². The number of carbonyl (C=O) groups excluding carboxylic acids is 1. The number of carbonyl (C=O) groups is 1. The van der Waals surface area contributed by atoms with Crippen LogP contribution in [0.4, 0.5) is 10.1 Å². The lowest BCUT2D eigenvalue weighted by atomic mass is 10.0. The Labute approximate surface area is 93.4 Å². The summed E-state index contributed by atoms with van der Waals surface area (Å²) in [5, 5.41) is 0. The first kappa shape index (κ1) is 10.9. The molecule has 2 rings (SSSR count). The summed E-state index contributed by atoms with van der Waals surface area (Å²) in [6.45, 7) is 3.36. The van der Waals surface area contributed by atoms with Crippen molar-refractivity contribution in [3.63, 3.8) is 0 Å². The van der Waals surface area contributed by atoms with E-state index in [1.54, 1.807) is 12.1 Å². The summed E-state index contributed by atoms with van der Waals surface area (Å²) in [6.07, 6.45) is 0.762. The molecule has 2 N–H and O–H groups in total. The van der Waals surface area contributed by atoms with E-state index < -0.39 is 11.4 Å². The second-order valence-corrected chi connectivity index (χ2v) is 4.32. The van der Waals surface area contributed by atoms with Crippen molar-refractivity contribution in [1.29, 1.82) is 0 Å². The minimum Gasteiger partial charge on any atom is -0.454 e. The topological polar surface area (TPSA) is 52.3 Å². The predicted molar refractivity (Wildman–Crippen MR) is 58.0 cm³/mol. The van der Waals surface area contributed by atoms with Crippen molar-refractivity contribution in [3.8, 4) is 0 Å². The van der Waals surface area contributed by atoms with Gasteiger partial charge in [-0.25, -0.2) is 4.39 Å². The fourth-order valence-electron chi connectivity index (χ4n) is 2.06. The first-order valence-corrected chi connectivity index (χ1v) is 5.21. The Hall–Kier alpha value is -1.58. The molecule has 0 saturated heterocycles. The summed E-state index contributed by atoms with van der Waals surface area (Å²) in [5.74, 6) is -0.525. The maximum Gasteiger partial charge on any atom is 0.303 e. The first-order valence-electron chi connectivity index (χ1n) is 5.21. The summed E-state index contributed by atoms with van der Waals surface area (Å²) < 4.78 is 18.4. The number of esters is 1. The first-order chi connectivity index (χ1) is 7.45.